The lowest BCUT2D eigenvalue weighted by atomic mass is 9.77. The number of ether oxygens (including phenoxy) is 1. The zero-order valence-electron chi connectivity index (χ0n) is 10.6. The second-order valence-corrected chi connectivity index (χ2v) is 5.95. The van der Waals surface area contributed by atoms with Crippen LogP contribution in [0.5, 0.6) is 0 Å². The number of hydrogen-bond acceptors (Lipinski definition) is 2. The van der Waals surface area contributed by atoms with E-state index in [2.05, 4.69) is 21.2 Å². The predicted molar refractivity (Wildman–Crippen MR) is 74.2 cm³/mol. The first-order valence-electron chi connectivity index (χ1n) is 6.31. The predicted octanol–water partition coefficient (Wildman–Crippen LogP) is 3.15. The first kappa shape index (κ1) is 14.0. The van der Waals surface area contributed by atoms with Gasteiger partial charge in [0.05, 0.1) is 6.61 Å². The van der Waals surface area contributed by atoms with E-state index in [1.807, 2.05) is 7.05 Å². The molecule has 4 heteroatoms. The van der Waals surface area contributed by atoms with Crippen molar-refractivity contribution in [3.8, 4) is 0 Å². The van der Waals surface area contributed by atoms with Crippen molar-refractivity contribution in [2.24, 2.45) is 5.41 Å². The highest BCUT2D eigenvalue weighted by atomic mass is 79.9. The van der Waals surface area contributed by atoms with Gasteiger partial charge in [-0.1, -0.05) is 15.9 Å². The van der Waals surface area contributed by atoms with E-state index in [0.717, 1.165) is 49.1 Å². The molecule has 18 heavy (non-hydrogen) atoms. The Labute approximate surface area is 116 Å². The van der Waals surface area contributed by atoms with Crippen LogP contribution in [0, 0.1) is 11.2 Å². The lowest BCUT2D eigenvalue weighted by Gasteiger charge is -2.37. The highest BCUT2D eigenvalue weighted by Gasteiger charge is 2.33. The van der Waals surface area contributed by atoms with Crippen LogP contribution in [0.1, 0.15) is 18.4 Å². The molecule has 0 amide bonds. The number of rotatable bonds is 4. The number of hydrogen-bond donors (Lipinski definition) is 1. The van der Waals surface area contributed by atoms with E-state index in [1.54, 1.807) is 12.1 Å². The van der Waals surface area contributed by atoms with Gasteiger partial charge >= 0.3 is 0 Å². The summed E-state index contributed by atoms with van der Waals surface area (Å²) in [5.41, 5.74) is 1.11. The molecule has 0 aromatic heterocycles. The minimum absolute atomic E-state index is 0.0866. The molecule has 0 bridgehead atoms. The summed E-state index contributed by atoms with van der Waals surface area (Å²) in [5, 5.41) is 3.24. The van der Waals surface area contributed by atoms with Crippen LogP contribution >= 0.6 is 15.9 Å². The fourth-order valence-corrected chi connectivity index (χ4v) is 3.10. The first-order valence-corrected chi connectivity index (χ1v) is 7.11. The number of nitrogens with one attached hydrogen (secondary N) is 1. The van der Waals surface area contributed by atoms with Gasteiger partial charge in [-0.05, 0) is 50.1 Å². The summed E-state index contributed by atoms with van der Waals surface area (Å²) >= 11 is 3.50. The molecule has 0 aliphatic carbocycles. The van der Waals surface area contributed by atoms with Gasteiger partial charge in [0.2, 0.25) is 0 Å². The maximum Gasteiger partial charge on any atom is 0.123 e. The molecule has 2 nitrogen and oxygen atoms in total. The summed E-state index contributed by atoms with van der Waals surface area (Å²) in [6, 6.07) is 4.88. The van der Waals surface area contributed by atoms with Crippen molar-refractivity contribution in [3.63, 3.8) is 0 Å². The van der Waals surface area contributed by atoms with E-state index in [9.17, 15) is 4.39 Å². The van der Waals surface area contributed by atoms with Crippen LogP contribution in [-0.4, -0.2) is 26.8 Å². The molecule has 0 radical (unpaired) electrons. The molecular weight excluding hydrogens is 297 g/mol. The maximum atomic E-state index is 13.3. The van der Waals surface area contributed by atoms with E-state index in [-0.39, 0.29) is 11.2 Å². The second kappa shape index (κ2) is 6.13. The third-order valence-electron chi connectivity index (χ3n) is 3.53. The topological polar surface area (TPSA) is 21.3 Å². The van der Waals surface area contributed by atoms with Gasteiger partial charge < -0.3 is 10.1 Å². The van der Waals surface area contributed by atoms with Gasteiger partial charge in [-0.25, -0.2) is 4.39 Å². The van der Waals surface area contributed by atoms with Gasteiger partial charge in [-0.3, -0.25) is 0 Å². The Balaban J connectivity index is 2.19. The van der Waals surface area contributed by atoms with Crippen molar-refractivity contribution < 1.29 is 9.13 Å². The minimum atomic E-state index is -0.176. The Morgan fingerprint density at radius 2 is 2.33 bits per heavy atom. The van der Waals surface area contributed by atoms with Crippen LogP contribution in [0.4, 0.5) is 4.39 Å². The lowest BCUT2D eigenvalue weighted by Crippen LogP contribution is -2.41. The van der Waals surface area contributed by atoms with Gasteiger partial charge in [0.1, 0.15) is 5.82 Å². The first-order chi connectivity index (χ1) is 8.65. The Hall–Kier alpha value is -0.450. The van der Waals surface area contributed by atoms with Crippen LogP contribution in [0.25, 0.3) is 0 Å². The SMILES string of the molecule is CNCC1(Cc2cc(F)ccc2Br)CCCOC1. The molecule has 0 spiro atoms. The molecule has 1 fully saturated rings. The summed E-state index contributed by atoms with van der Waals surface area (Å²) < 4.78 is 20.0. The molecule has 1 saturated heterocycles. The molecule has 1 aromatic rings. The maximum absolute atomic E-state index is 13.3. The average Bonchev–Trinajstić information content (AvgIpc) is 2.35. The third kappa shape index (κ3) is 3.31. The quantitative estimate of drug-likeness (QED) is 0.921. The summed E-state index contributed by atoms with van der Waals surface area (Å²) in [5.74, 6) is -0.176. The molecule has 0 saturated carbocycles. The van der Waals surface area contributed by atoms with Crippen molar-refractivity contribution in [1.82, 2.24) is 5.32 Å². The van der Waals surface area contributed by atoms with Crippen LogP contribution in [0.2, 0.25) is 0 Å². The fourth-order valence-electron chi connectivity index (χ4n) is 2.71. The lowest BCUT2D eigenvalue weighted by molar-refractivity contribution is -0.00634. The standard InChI is InChI=1S/C14H19BrFNO/c1-17-9-14(5-2-6-18-10-14)8-11-7-12(16)3-4-13(11)15/h3-4,7,17H,2,5-6,8-10H2,1H3. The number of benzene rings is 1. The summed E-state index contributed by atoms with van der Waals surface area (Å²) in [6.45, 7) is 2.49. The van der Waals surface area contributed by atoms with Crippen molar-refractivity contribution in [3.05, 3.63) is 34.1 Å². The molecule has 1 aromatic carbocycles. The molecule has 1 aliphatic rings. The molecule has 100 valence electrons. The fraction of sp³-hybridized carbons (Fsp3) is 0.571. The summed E-state index contributed by atoms with van der Waals surface area (Å²) in [6.07, 6.45) is 3.04. The van der Waals surface area contributed by atoms with E-state index >= 15 is 0 Å². The van der Waals surface area contributed by atoms with E-state index < -0.39 is 0 Å². The molecule has 1 aliphatic heterocycles. The van der Waals surface area contributed by atoms with Gasteiger partial charge in [-0.2, -0.15) is 0 Å². The average molecular weight is 316 g/mol. The Morgan fingerprint density at radius 1 is 1.50 bits per heavy atom. The molecule has 1 N–H and O–H groups in total. The third-order valence-corrected chi connectivity index (χ3v) is 4.30. The highest BCUT2D eigenvalue weighted by molar-refractivity contribution is 9.10. The van der Waals surface area contributed by atoms with Gasteiger partial charge in [0, 0.05) is 23.0 Å². The van der Waals surface area contributed by atoms with Crippen molar-refractivity contribution in [1.29, 1.82) is 0 Å². The second-order valence-electron chi connectivity index (χ2n) is 5.10. The zero-order valence-corrected chi connectivity index (χ0v) is 12.2. The Morgan fingerprint density at radius 3 is 3.00 bits per heavy atom. The van der Waals surface area contributed by atoms with Gasteiger partial charge in [0.15, 0.2) is 0 Å². The largest absolute Gasteiger partial charge is 0.381 e. The molecular formula is C14H19BrFNO. The normalized spacial score (nSPS) is 24.2. The zero-order chi connectivity index (χ0) is 13.0. The Bertz CT molecular complexity index is 399. The van der Waals surface area contributed by atoms with E-state index in [0.29, 0.717) is 0 Å². The van der Waals surface area contributed by atoms with Crippen LogP contribution in [0.15, 0.2) is 22.7 Å². The summed E-state index contributed by atoms with van der Waals surface area (Å²) in [4.78, 5) is 0. The van der Waals surface area contributed by atoms with Crippen LogP contribution < -0.4 is 5.32 Å². The van der Waals surface area contributed by atoms with E-state index in [1.165, 1.54) is 6.07 Å². The Kier molecular flexibility index (Phi) is 4.76. The van der Waals surface area contributed by atoms with Crippen molar-refractivity contribution >= 4 is 15.9 Å². The highest BCUT2D eigenvalue weighted by Crippen LogP contribution is 2.34. The smallest absolute Gasteiger partial charge is 0.123 e. The molecule has 1 unspecified atom stereocenters. The van der Waals surface area contributed by atoms with Crippen LogP contribution in [0.3, 0.4) is 0 Å². The van der Waals surface area contributed by atoms with Gasteiger partial charge in [0.25, 0.3) is 0 Å². The summed E-state index contributed by atoms with van der Waals surface area (Å²) in [7, 11) is 1.96. The van der Waals surface area contributed by atoms with E-state index in [4.69, 9.17) is 4.74 Å². The van der Waals surface area contributed by atoms with Gasteiger partial charge in [-0.15, -0.1) is 0 Å². The molecule has 2 rings (SSSR count). The van der Waals surface area contributed by atoms with Crippen molar-refractivity contribution in [2.45, 2.75) is 19.3 Å². The minimum Gasteiger partial charge on any atom is -0.381 e. The molecule has 1 heterocycles. The monoisotopic (exact) mass is 315 g/mol. The molecule has 1 atom stereocenters. The van der Waals surface area contributed by atoms with Crippen molar-refractivity contribution in [2.75, 3.05) is 26.8 Å². The number of halogens is 2. The van der Waals surface area contributed by atoms with Crippen LogP contribution in [-0.2, 0) is 11.2 Å².